The van der Waals surface area contributed by atoms with Crippen molar-refractivity contribution in [2.24, 2.45) is 5.92 Å². The molecule has 1 amide bonds. The van der Waals surface area contributed by atoms with E-state index in [2.05, 4.69) is 16.4 Å². The highest BCUT2D eigenvalue weighted by Crippen LogP contribution is 2.19. The summed E-state index contributed by atoms with van der Waals surface area (Å²) >= 11 is 1.51. The smallest absolute Gasteiger partial charge is 0.238 e. The summed E-state index contributed by atoms with van der Waals surface area (Å²) in [6.07, 6.45) is 2.90. The predicted octanol–water partition coefficient (Wildman–Crippen LogP) is 3.09. The summed E-state index contributed by atoms with van der Waals surface area (Å²) in [7, 11) is 0. The van der Waals surface area contributed by atoms with E-state index in [1.54, 1.807) is 6.20 Å². The molecule has 0 aliphatic rings. The third-order valence-electron chi connectivity index (χ3n) is 3.23. The van der Waals surface area contributed by atoms with Crippen LogP contribution in [0.5, 0.6) is 0 Å². The van der Waals surface area contributed by atoms with Crippen molar-refractivity contribution in [1.82, 2.24) is 10.3 Å². The lowest BCUT2D eigenvalue weighted by Gasteiger charge is -2.17. The molecule has 0 saturated carbocycles. The third kappa shape index (κ3) is 4.14. The fourth-order valence-corrected chi connectivity index (χ4v) is 2.84. The van der Waals surface area contributed by atoms with Gasteiger partial charge in [0, 0.05) is 11.6 Å². The Balaban J connectivity index is 2.02. The molecule has 4 nitrogen and oxygen atoms in total. The number of hydrogen-bond acceptors (Lipinski definition) is 4. The highest BCUT2D eigenvalue weighted by Gasteiger charge is 2.22. The van der Waals surface area contributed by atoms with Gasteiger partial charge in [-0.25, -0.2) is 4.98 Å². The van der Waals surface area contributed by atoms with E-state index in [4.69, 9.17) is 0 Å². The molecule has 0 aliphatic carbocycles. The Labute approximate surface area is 128 Å². The molecule has 108 valence electrons. The first-order chi connectivity index (χ1) is 10.2. The average molecular weight is 299 g/mol. The van der Waals surface area contributed by atoms with Crippen molar-refractivity contribution >= 4 is 17.2 Å². The minimum Gasteiger partial charge on any atom is -0.346 e. The molecule has 1 aromatic heterocycles. The third-order valence-corrected chi connectivity index (χ3v) is 4.12. The van der Waals surface area contributed by atoms with Gasteiger partial charge in [-0.3, -0.25) is 4.79 Å². The van der Waals surface area contributed by atoms with Crippen LogP contribution in [-0.2, 0) is 11.2 Å². The predicted molar refractivity (Wildman–Crippen MR) is 82.5 cm³/mol. The topological polar surface area (TPSA) is 65.8 Å². The number of aromatic nitrogens is 1. The fourth-order valence-electron chi connectivity index (χ4n) is 2.06. The molecule has 2 atom stereocenters. The van der Waals surface area contributed by atoms with Gasteiger partial charge in [-0.05, 0) is 18.4 Å². The Kier molecular flexibility index (Phi) is 5.47. The van der Waals surface area contributed by atoms with Gasteiger partial charge in [0.25, 0.3) is 0 Å². The van der Waals surface area contributed by atoms with E-state index in [1.165, 1.54) is 11.3 Å². The minimum atomic E-state index is -0.679. The van der Waals surface area contributed by atoms with Crippen molar-refractivity contribution < 1.29 is 4.79 Å². The van der Waals surface area contributed by atoms with E-state index in [0.29, 0.717) is 6.42 Å². The van der Waals surface area contributed by atoms with Crippen LogP contribution in [0.25, 0.3) is 0 Å². The van der Waals surface area contributed by atoms with Crippen molar-refractivity contribution in [2.45, 2.75) is 25.8 Å². The lowest BCUT2D eigenvalue weighted by atomic mass is 9.99. The number of carbonyl (C=O) groups excluding carboxylic acids is 1. The first kappa shape index (κ1) is 15.2. The molecule has 1 aromatic carbocycles. The van der Waals surface area contributed by atoms with Crippen LogP contribution in [0.2, 0.25) is 0 Å². The summed E-state index contributed by atoms with van der Waals surface area (Å²) in [6.45, 7) is 1.99. The molecule has 0 bridgehead atoms. The minimum absolute atomic E-state index is 0.121. The Morgan fingerprint density at radius 1 is 1.43 bits per heavy atom. The van der Waals surface area contributed by atoms with Crippen molar-refractivity contribution in [3.05, 3.63) is 52.5 Å². The van der Waals surface area contributed by atoms with Crippen LogP contribution in [-0.4, -0.2) is 10.9 Å². The number of nitriles is 1. The number of carbonyl (C=O) groups is 1. The maximum Gasteiger partial charge on any atom is 0.238 e. The van der Waals surface area contributed by atoms with Gasteiger partial charge in [0.15, 0.2) is 0 Å². The summed E-state index contributed by atoms with van der Waals surface area (Å²) in [4.78, 5) is 16.5. The molecule has 0 fully saturated rings. The molecule has 2 unspecified atom stereocenters. The van der Waals surface area contributed by atoms with Crippen LogP contribution >= 0.6 is 11.3 Å². The van der Waals surface area contributed by atoms with Gasteiger partial charge in [-0.1, -0.05) is 37.3 Å². The zero-order chi connectivity index (χ0) is 15.1. The molecule has 1 N–H and O–H groups in total. The molecule has 2 aromatic rings. The second-order valence-electron chi connectivity index (χ2n) is 4.71. The van der Waals surface area contributed by atoms with Crippen LogP contribution < -0.4 is 5.32 Å². The summed E-state index contributed by atoms with van der Waals surface area (Å²) in [5.41, 5.74) is 0.987. The molecule has 0 saturated heterocycles. The quantitative estimate of drug-likeness (QED) is 0.891. The first-order valence-corrected chi connectivity index (χ1v) is 7.75. The van der Waals surface area contributed by atoms with E-state index in [-0.39, 0.29) is 11.9 Å². The second kappa shape index (κ2) is 7.55. The van der Waals surface area contributed by atoms with Gasteiger partial charge < -0.3 is 5.32 Å². The number of benzene rings is 1. The van der Waals surface area contributed by atoms with Crippen LogP contribution in [0.15, 0.2) is 41.9 Å². The van der Waals surface area contributed by atoms with Gasteiger partial charge in [0.2, 0.25) is 5.91 Å². The average Bonchev–Trinajstić information content (AvgIpc) is 3.05. The molecule has 1 heterocycles. The standard InChI is InChI=1S/C16H17N3OS/c1-2-14(16-18-8-9-21-16)19-15(20)13(11-17)10-12-6-4-3-5-7-12/h3-9,13-14H,2,10H2,1H3,(H,19,20). The van der Waals surface area contributed by atoms with Crippen molar-refractivity contribution in [3.63, 3.8) is 0 Å². The number of amides is 1. The molecular weight excluding hydrogens is 282 g/mol. The van der Waals surface area contributed by atoms with Gasteiger partial charge >= 0.3 is 0 Å². The summed E-state index contributed by atoms with van der Waals surface area (Å²) < 4.78 is 0. The molecule has 21 heavy (non-hydrogen) atoms. The number of hydrogen-bond donors (Lipinski definition) is 1. The SMILES string of the molecule is CCC(NC(=O)C(C#N)Cc1ccccc1)c1nccs1. The zero-order valence-electron chi connectivity index (χ0n) is 11.8. The first-order valence-electron chi connectivity index (χ1n) is 6.88. The van der Waals surface area contributed by atoms with Gasteiger partial charge in [-0.15, -0.1) is 11.3 Å². The Morgan fingerprint density at radius 2 is 2.19 bits per heavy atom. The van der Waals surface area contributed by atoms with E-state index < -0.39 is 5.92 Å². The highest BCUT2D eigenvalue weighted by atomic mass is 32.1. The number of thiazole rings is 1. The maximum absolute atomic E-state index is 12.3. The molecular formula is C16H17N3OS. The van der Waals surface area contributed by atoms with Crippen molar-refractivity contribution in [3.8, 4) is 6.07 Å². The highest BCUT2D eigenvalue weighted by molar-refractivity contribution is 7.09. The van der Waals surface area contributed by atoms with E-state index in [0.717, 1.165) is 17.0 Å². The van der Waals surface area contributed by atoms with Crippen molar-refractivity contribution in [2.75, 3.05) is 0 Å². The molecule has 0 radical (unpaired) electrons. The zero-order valence-corrected chi connectivity index (χ0v) is 12.6. The van der Waals surface area contributed by atoms with Crippen LogP contribution in [0.4, 0.5) is 0 Å². The van der Waals surface area contributed by atoms with Gasteiger partial charge in [0.05, 0.1) is 12.1 Å². The van der Waals surface area contributed by atoms with Gasteiger partial charge in [0.1, 0.15) is 10.9 Å². The Hall–Kier alpha value is -2.19. The lowest BCUT2D eigenvalue weighted by molar-refractivity contribution is -0.124. The van der Waals surface area contributed by atoms with Gasteiger partial charge in [-0.2, -0.15) is 5.26 Å². The fraction of sp³-hybridized carbons (Fsp3) is 0.312. The van der Waals surface area contributed by atoms with Crippen molar-refractivity contribution in [1.29, 1.82) is 5.26 Å². The lowest BCUT2D eigenvalue weighted by Crippen LogP contribution is -2.34. The molecule has 5 heteroatoms. The van der Waals surface area contributed by atoms with E-state index in [1.807, 2.05) is 42.6 Å². The van der Waals surface area contributed by atoms with Crippen LogP contribution in [0.3, 0.4) is 0 Å². The maximum atomic E-state index is 12.3. The van der Waals surface area contributed by atoms with Crippen LogP contribution in [0, 0.1) is 17.2 Å². The molecule has 2 rings (SSSR count). The summed E-state index contributed by atoms with van der Waals surface area (Å²) in [5.74, 6) is -0.912. The molecule has 0 aliphatic heterocycles. The largest absolute Gasteiger partial charge is 0.346 e. The normalized spacial score (nSPS) is 13.1. The second-order valence-corrected chi connectivity index (χ2v) is 5.64. The number of nitrogens with one attached hydrogen (secondary N) is 1. The Bertz CT molecular complexity index is 604. The van der Waals surface area contributed by atoms with E-state index >= 15 is 0 Å². The monoisotopic (exact) mass is 299 g/mol. The van der Waals surface area contributed by atoms with E-state index in [9.17, 15) is 10.1 Å². The Morgan fingerprint density at radius 3 is 2.76 bits per heavy atom. The number of nitrogens with zero attached hydrogens (tertiary/aromatic N) is 2. The van der Waals surface area contributed by atoms with Crippen LogP contribution in [0.1, 0.15) is 30.0 Å². The summed E-state index contributed by atoms with van der Waals surface area (Å²) in [6, 6.07) is 11.6. The molecule has 0 spiro atoms. The number of rotatable bonds is 6. The summed E-state index contributed by atoms with van der Waals surface area (Å²) in [5, 5.41) is 14.9.